The van der Waals surface area contributed by atoms with Gasteiger partial charge in [-0.05, 0) is 30.2 Å². The number of hydrogen-bond donors (Lipinski definition) is 0. The maximum atomic E-state index is 12.8. The fourth-order valence-electron chi connectivity index (χ4n) is 3.44. The van der Waals surface area contributed by atoms with Crippen LogP contribution in [0.2, 0.25) is 0 Å². The molecule has 2 aromatic rings. The van der Waals surface area contributed by atoms with Crippen molar-refractivity contribution in [2.24, 2.45) is 11.1 Å². The van der Waals surface area contributed by atoms with Gasteiger partial charge in [-0.25, -0.2) is 0 Å². The molecule has 0 saturated carbocycles. The van der Waals surface area contributed by atoms with E-state index in [2.05, 4.69) is 5.16 Å². The van der Waals surface area contributed by atoms with Gasteiger partial charge in [0.1, 0.15) is 0 Å². The number of carbonyl (C=O) groups excluding carboxylic acids is 1. The van der Waals surface area contributed by atoms with E-state index in [1.165, 1.54) is 12.1 Å². The lowest BCUT2D eigenvalue weighted by molar-refractivity contribution is -0.138. The molecule has 1 amide bonds. The maximum Gasteiger partial charge on any atom is 0.416 e. The molecule has 7 heteroatoms. The minimum Gasteiger partial charge on any atom is -0.390 e. The van der Waals surface area contributed by atoms with Gasteiger partial charge in [0.25, 0.3) is 0 Å². The van der Waals surface area contributed by atoms with E-state index in [0.717, 1.165) is 29.0 Å². The van der Waals surface area contributed by atoms with Crippen molar-refractivity contribution in [2.75, 3.05) is 6.54 Å². The summed E-state index contributed by atoms with van der Waals surface area (Å²) in [5.41, 5.74) is 2.88. The summed E-state index contributed by atoms with van der Waals surface area (Å²) in [7, 11) is 0. The lowest BCUT2D eigenvalue weighted by atomic mass is 10.00. The van der Waals surface area contributed by atoms with Gasteiger partial charge >= 0.3 is 6.18 Å². The summed E-state index contributed by atoms with van der Waals surface area (Å²) in [6.07, 6.45) is -4.11. The van der Waals surface area contributed by atoms with E-state index in [1.807, 2.05) is 31.2 Å². The van der Waals surface area contributed by atoms with Crippen LogP contribution < -0.4 is 0 Å². The molecule has 160 valence electrons. The molecule has 0 N–H and O–H groups in total. The zero-order valence-corrected chi connectivity index (χ0v) is 17.2. The number of halogens is 3. The smallest absolute Gasteiger partial charge is 0.390 e. The molecule has 1 heterocycles. The van der Waals surface area contributed by atoms with Crippen LogP contribution in [-0.4, -0.2) is 29.2 Å². The molecule has 1 atom stereocenters. The molecular formula is C23H25F3N2O2. The summed E-state index contributed by atoms with van der Waals surface area (Å²) < 4.78 is 38.4. The minimum absolute atomic E-state index is 0.0807. The Balaban J connectivity index is 1.70. The van der Waals surface area contributed by atoms with Crippen LogP contribution in [0.3, 0.4) is 0 Å². The van der Waals surface area contributed by atoms with Gasteiger partial charge in [-0.1, -0.05) is 55.4 Å². The number of carbonyl (C=O) groups is 1. The molecule has 0 aliphatic carbocycles. The summed E-state index contributed by atoms with van der Waals surface area (Å²) in [5, 5.41) is 4.20. The number of alkyl halides is 3. The number of aryl methyl sites for hydroxylation is 1. The molecular weight excluding hydrogens is 393 g/mol. The summed E-state index contributed by atoms with van der Waals surface area (Å²) in [6.45, 7) is 6.13. The molecule has 0 unspecified atom stereocenters. The summed E-state index contributed by atoms with van der Waals surface area (Å²) in [6, 6.07) is 12.8. The second kappa shape index (κ2) is 8.90. The van der Waals surface area contributed by atoms with Gasteiger partial charge < -0.3 is 9.74 Å². The van der Waals surface area contributed by atoms with Gasteiger partial charge in [-0.15, -0.1) is 0 Å². The van der Waals surface area contributed by atoms with E-state index in [-0.39, 0.29) is 24.5 Å². The molecule has 4 nitrogen and oxygen atoms in total. The molecule has 1 aliphatic rings. The second-order valence-corrected chi connectivity index (χ2v) is 7.85. The van der Waals surface area contributed by atoms with Gasteiger partial charge in [-0.2, -0.15) is 13.2 Å². The monoisotopic (exact) mass is 418 g/mol. The Morgan fingerprint density at radius 3 is 2.43 bits per heavy atom. The van der Waals surface area contributed by atoms with Crippen LogP contribution in [0.4, 0.5) is 13.2 Å². The van der Waals surface area contributed by atoms with Gasteiger partial charge in [0, 0.05) is 24.4 Å². The summed E-state index contributed by atoms with van der Waals surface area (Å²) >= 11 is 0. The Kier molecular flexibility index (Phi) is 6.48. The van der Waals surface area contributed by atoms with Crippen LogP contribution in [0.25, 0.3) is 0 Å². The van der Waals surface area contributed by atoms with Crippen LogP contribution in [0, 0.1) is 12.8 Å². The van der Waals surface area contributed by atoms with Crippen molar-refractivity contribution in [3.63, 3.8) is 0 Å². The van der Waals surface area contributed by atoms with Crippen molar-refractivity contribution in [2.45, 2.75) is 46.0 Å². The zero-order chi connectivity index (χ0) is 21.9. The van der Waals surface area contributed by atoms with Crippen LogP contribution in [-0.2, 0) is 22.4 Å². The number of nitrogens with zero attached hydrogens (tertiary/aromatic N) is 2. The predicted molar refractivity (Wildman–Crippen MR) is 109 cm³/mol. The average Bonchev–Trinajstić information content (AvgIpc) is 3.15. The Morgan fingerprint density at radius 1 is 1.17 bits per heavy atom. The summed E-state index contributed by atoms with van der Waals surface area (Å²) in [5.74, 6) is -0.319. The lowest BCUT2D eigenvalue weighted by Gasteiger charge is -2.26. The quantitative estimate of drug-likeness (QED) is 0.648. The molecule has 0 saturated heterocycles. The Bertz CT molecular complexity index is 921. The van der Waals surface area contributed by atoms with E-state index >= 15 is 0 Å². The SMILES string of the molecule is Cc1ccccc1C1=NO[C@@H](CN(Cc2ccc(C(F)(F)F)cc2)C(=O)C(C)C)C1. The van der Waals surface area contributed by atoms with E-state index in [1.54, 1.807) is 18.7 Å². The minimum atomic E-state index is -4.38. The second-order valence-electron chi connectivity index (χ2n) is 7.85. The fourth-order valence-corrected chi connectivity index (χ4v) is 3.44. The Hall–Kier alpha value is -2.83. The molecule has 0 radical (unpaired) electrons. The van der Waals surface area contributed by atoms with E-state index in [4.69, 9.17) is 4.84 Å². The van der Waals surface area contributed by atoms with E-state index < -0.39 is 11.7 Å². The highest BCUT2D eigenvalue weighted by Crippen LogP contribution is 2.29. The van der Waals surface area contributed by atoms with Crippen LogP contribution in [0.5, 0.6) is 0 Å². The van der Waals surface area contributed by atoms with Gasteiger partial charge in [0.2, 0.25) is 5.91 Å². The van der Waals surface area contributed by atoms with Crippen LogP contribution in [0.1, 0.15) is 42.5 Å². The van der Waals surface area contributed by atoms with Crippen molar-refractivity contribution in [1.29, 1.82) is 0 Å². The van der Waals surface area contributed by atoms with Crippen molar-refractivity contribution in [1.82, 2.24) is 4.90 Å². The van der Waals surface area contributed by atoms with Crippen molar-refractivity contribution >= 4 is 11.6 Å². The first-order valence-corrected chi connectivity index (χ1v) is 9.88. The number of oxime groups is 1. The lowest BCUT2D eigenvalue weighted by Crippen LogP contribution is -2.39. The third-order valence-electron chi connectivity index (χ3n) is 5.07. The number of hydrogen-bond acceptors (Lipinski definition) is 3. The van der Waals surface area contributed by atoms with Gasteiger partial charge in [0.15, 0.2) is 6.10 Å². The Morgan fingerprint density at radius 2 is 1.83 bits per heavy atom. The molecule has 3 rings (SSSR count). The van der Waals surface area contributed by atoms with Crippen molar-refractivity contribution in [3.8, 4) is 0 Å². The highest BCUT2D eigenvalue weighted by molar-refractivity contribution is 6.02. The van der Waals surface area contributed by atoms with Crippen molar-refractivity contribution in [3.05, 3.63) is 70.8 Å². The topological polar surface area (TPSA) is 41.9 Å². The number of amides is 1. The molecule has 0 fully saturated rings. The highest BCUT2D eigenvalue weighted by atomic mass is 19.4. The highest BCUT2D eigenvalue weighted by Gasteiger charge is 2.31. The molecule has 2 aromatic carbocycles. The standard InChI is InChI=1S/C23H25F3N2O2/c1-15(2)22(29)28(13-17-8-10-18(11-9-17)23(24,25)26)14-19-12-21(27-30-19)20-7-5-4-6-16(20)3/h4-11,15,19H,12-14H2,1-3H3/t19-/m1/s1. The predicted octanol–water partition coefficient (Wildman–Crippen LogP) is 5.19. The zero-order valence-electron chi connectivity index (χ0n) is 17.2. The van der Waals surface area contributed by atoms with Crippen LogP contribution in [0.15, 0.2) is 53.7 Å². The molecule has 0 bridgehead atoms. The maximum absolute atomic E-state index is 12.8. The first-order chi connectivity index (χ1) is 14.1. The number of benzene rings is 2. The third-order valence-corrected chi connectivity index (χ3v) is 5.07. The normalized spacial score (nSPS) is 16.4. The first kappa shape index (κ1) is 21.9. The van der Waals surface area contributed by atoms with E-state index in [9.17, 15) is 18.0 Å². The molecule has 1 aliphatic heterocycles. The average molecular weight is 418 g/mol. The molecule has 0 aromatic heterocycles. The fraction of sp³-hybridized carbons (Fsp3) is 0.391. The van der Waals surface area contributed by atoms with Crippen LogP contribution >= 0.6 is 0 Å². The molecule has 30 heavy (non-hydrogen) atoms. The first-order valence-electron chi connectivity index (χ1n) is 9.88. The molecule has 0 spiro atoms. The van der Waals surface area contributed by atoms with Crippen molar-refractivity contribution < 1.29 is 22.8 Å². The third kappa shape index (κ3) is 5.20. The number of rotatable bonds is 6. The van der Waals surface area contributed by atoms with Gasteiger partial charge in [-0.3, -0.25) is 4.79 Å². The summed E-state index contributed by atoms with van der Waals surface area (Å²) in [4.78, 5) is 19.9. The van der Waals surface area contributed by atoms with E-state index in [0.29, 0.717) is 18.5 Å². The largest absolute Gasteiger partial charge is 0.416 e. The Labute approximate surface area is 174 Å². The van der Waals surface area contributed by atoms with Gasteiger partial charge in [0.05, 0.1) is 17.8 Å².